The molecule has 1 heterocycles. The van der Waals surface area contributed by atoms with Crippen molar-refractivity contribution in [2.45, 2.75) is 11.4 Å². The van der Waals surface area contributed by atoms with Crippen LogP contribution in [0.4, 0.5) is 5.69 Å². The maximum atomic E-state index is 12.7. The molecule has 0 unspecified atom stereocenters. The lowest BCUT2D eigenvalue weighted by atomic mass is 10.2. The summed E-state index contributed by atoms with van der Waals surface area (Å²) in [5.41, 5.74) is 1.65. The van der Waals surface area contributed by atoms with Crippen molar-refractivity contribution in [3.63, 3.8) is 0 Å². The predicted molar refractivity (Wildman–Crippen MR) is 104 cm³/mol. The molecule has 1 fully saturated rings. The monoisotopic (exact) mass is 440 g/mol. The van der Waals surface area contributed by atoms with Crippen molar-refractivity contribution in [3.8, 4) is 5.75 Å². The van der Waals surface area contributed by atoms with E-state index >= 15 is 0 Å². The smallest absolute Gasteiger partial charge is 0.265 e. The topological polar surface area (TPSA) is 67.9 Å². The lowest BCUT2D eigenvalue weighted by Gasteiger charge is -2.26. The fourth-order valence-electron chi connectivity index (χ4n) is 2.77. The summed E-state index contributed by atoms with van der Waals surface area (Å²) in [6.45, 7) is 4.17. The van der Waals surface area contributed by atoms with Gasteiger partial charge in [0.2, 0.25) is 0 Å². The number of morpholine rings is 1. The Balaban J connectivity index is 1.73. The summed E-state index contributed by atoms with van der Waals surface area (Å²) in [7, 11) is -2.30. The van der Waals surface area contributed by atoms with Gasteiger partial charge >= 0.3 is 0 Å². The fourth-order valence-corrected chi connectivity index (χ4v) is 4.53. The third-order valence-corrected chi connectivity index (χ3v) is 6.03. The summed E-state index contributed by atoms with van der Waals surface area (Å²) in [5.74, 6) is 0.296. The quantitative estimate of drug-likeness (QED) is 0.747. The van der Waals surface area contributed by atoms with Crippen LogP contribution >= 0.6 is 15.9 Å². The van der Waals surface area contributed by atoms with Crippen molar-refractivity contribution in [2.75, 3.05) is 38.1 Å². The zero-order valence-electron chi connectivity index (χ0n) is 14.4. The summed E-state index contributed by atoms with van der Waals surface area (Å²) in [6, 6.07) is 12.3. The van der Waals surface area contributed by atoms with Gasteiger partial charge in [-0.1, -0.05) is 28.1 Å². The molecule has 6 nitrogen and oxygen atoms in total. The Labute approximate surface area is 162 Å². The highest BCUT2D eigenvalue weighted by atomic mass is 79.9. The third kappa shape index (κ3) is 4.76. The van der Waals surface area contributed by atoms with E-state index in [0.29, 0.717) is 15.9 Å². The number of sulfonamides is 1. The molecule has 1 aliphatic heterocycles. The lowest BCUT2D eigenvalue weighted by molar-refractivity contribution is 0.0342. The molecule has 1 aliphatic rings. The number of ether oxygens (including phenoxy) is 2. The standard InChI is InChI=1S/C18H21BrN2O4S/c1-24-17-7-4-15(19)12-18(17)26(22,23)20-16-5-2-14(3-6-16)13-21-8-10-25-11-9-21/h2-7,12,20H,8-11,13H2,1H3. The normalized spacial score (nSPS) is 15.6. The van der Waals surface area contributed by atoms with Crippen LogP contribution in [0.1, 0.15) is 5.56 Å². The molecule has 2 aromatic carbocycles. The second-order valence-corrected chi connectivity index (χ2v) is 8.55. The molecule has 0 spiro atoms. The van der Waals surface area contributed by atoms with Crippen LogP contribution in [0.3, 0.4) is 0 Å². The summed E-state index contributed by atoms with van der Waals surface area (Å²) >= 11 is 3.30. The largest absolute Gasteiger partial charge is 0.495 e. The number of hydrogen-bond acceptors (Lipinski definition) is 5. The molecule has 1 N–H and O–H groups in total. The minimum Gasteiger partial charge on any atom is -0.495 e. The minimum atomic E-state index is -3.75. The number of rotatable bonds is 6. The molecule has 0 atom stereocenters. The zero-order chi connectivity index (χ0) is 18.6. The molecule has 0 aromatic heterocycles. The van der Waals surface area contributed by atoms with Crippen LogP contribution in [0.2, 0.25) is 0 Å². The zero-order valence-corrected chi connectivity index (χ0v) is 16.8. The van der Waals surface area contributed by atoms with Crippen LogP contribution in [-0.2, 0) is 21.3 Å². The molecule has 26 heavy (non-hydrogen) atoms. The van der Waals surface area contributed by atoms with Crippen molar-refractivity contribution < 1.29 is 17.9 Å². The molecule has 0 bridgehead atoms. The summed E-state index contributed by atoms with van der Waals surface area (Å²) in [6.07, 6.45) is 0. The van der Waals surface area contributed by atoms with E-state index in [1.54, 1.807) is 24.3 Å². The average molecular weight is 441 g/mol. The van der Waals surface area contributed by atoms with Gasteiger partial charge in [0, 0.05) is 29.8 Å². The molecule has 0 amide bonds. The van der Waals surface area contributed by atoms with Crippen LogP contribution in [0.25, 0.3) is 0 Å². The highest BCUT2D eigenvalue weighted by molar-refractivity contribution is 9.10. The number of nitrogens with one attached hydrogen (secondary N) is 1. The van der Waals surface area contributed by atoms with E-state index < -0.39 is 10.0 Å². The number of methoxy groups -OCH3 is 1. The number of anilines is 1. The highest BCUT2D eigenvalue weighted by Gasteiger charge is 2.20. The van der Waals surface area contributed by atoms with Gasteiger partial charge in [-0.3, -0.25) is 9.62 Å². The van der Waals surface area contributed by atoms with Crippen LogP contribution in [0, 0.1) is 0 Å². The molecule has 2 aromatic rings. The van der Waals surface area contributed by atoms with E-state index in [2.05, 4.69) is 25.6 Å². The molecular weight excluding hydrogens is 420 g/mol. The predicted octanol–water partition coefficient (Wildman–Crippen LogP) is 3.09. The van der Waals surface area contributed by atoms with Gasteiger partial charge in [0.05, 0.1) is 20.3 Å². The Morgan fingerprint density at radius 1 is 1.15 bits per heavy atom. The van der Waals surface area contributed by atoms with Crippen LogP contribution in [0.15, 0.2) is 51.8 Å². The maximum absolute atomic E-state index is 12.7. The average Bonchev–Trinajstić information content (AvgIpc) is 2.64. The molecular formula is C18H21BrN2O4S. The SMILES string of the molecule is COc1ccc(Br)cc1S(=O)(=O)Nc1ccc(CN2CCOCC2)cc1. The first-order valence-corrected chi connectivity index (χ1v) is 10.5. The highest BCUT2D eigenvalue weighted by Crippen LogP contribution is 2.29. The van der Waals surface area contributed by atoms with Crippen molar-refractivity contribution in [2.24, 2.45) is 0 Å². The maximum Gasteiger partial charge on any atom is 0.265 e. The molecule has 140 valence electrons. The van der Waals surface area contributed by atoms with Gasteiger partial charge in [-0.15, -0.1) is 0 Å². The van der Waals surface area contributed by atoms with Gasteiger partial charge in [0.1, 0.15) is 10.6 Å². The van der Waals surface area contributed by atoms with E-state index in [1.807, 2.05) is 12.1 Å². The molecule has 1 saturated heterocycles. The molecule has 3 rings (SSSR count). The van der Waals surface area contributed by atoms with Crippen molar-refractivity contribution in [1.29, 1.82) is 0 Å². The number of halogens is 1. The number of hydrogen-bond donors (Lipinski definition) is 1. The Morgan fingerprint density at radius 3 is 2.50 bits per heavy atom. The summed E-state index contributed by atoms with van der Waals surface area (Å²) in [5, 5.41) is 0. The summed E-state index contributed by atoms with van der Waals surface area (Å²) in [4.78, 5) is 2.40. The first kappa shape index (κ1) is 19.2. The van der Waals surface area contributed by atoms with E-state index in [-0.39, 0.29) is 4.90 Å². The van der Waals surface area contributed by atoms with Gasteiger partial charge in [-0.05, 0) is 35.9 Å². The first-order chi connectivity index (χ1) is 12.5. The molecule has 8 heteroatoms. The Kier molecular flexibility index (Phi) is 6.18. The van der Waals surface area contributed by atoms with Crippen LogP contribution < -0.4 is 9.46 Å². The fraction of sp³-hybridized carbons (Fsp3) is 0.333. The van der Waals surface area contributed by atoms with Crippen LogP contribution in [0.5, 0.6) is 5.75 Å². The van der Waals surface area contributed by atoms with Gasteiger partial charge in [-0.2, -0.15) is 0 Å². The third-order valence-electron chi connectivity index (χ3n) is 4.13. The number of nitrogens with zero attached hydrogens (tertiary/aromatic N) is 1. The Hall–Kier alpha value is -1.61. The minimum absolute atomic E-state index is 0.0896. The van der Waals surface area contributed by atoms with Crippen molar-refractivity contribution in [3.05, 3.63) is 52.5 Å². The van der Waals surface area contributed by atoms with Gasteiger partial charge in [-0.25, -0.2) is 8.42 Å². The first-order valence-electron chi connectivity index (χ1n) is 8.23. The Morgan fingerprint density at radius 2 is 1.85 bits per heavy atom. The van der Waals surface area contributed by atoms with Crippen molar-refractivity contribution in [1.82, 2.24) is 4.90 Å². The van der Waals surface area contributed by atoms with E-state index in [4.69, 9.17) is 9.47 Å². The van der Waals surface area contributed by atoms with Gasteiger partial charge < -0.3 is 9.47 Å². The Bertz CT molecular complexity index is 850. The molecule has 0 radical (unpaired) electrons. The molecule has 0 saturated carbocycles. The van der Waals surface area contributed by atoms with Crippen molar-refractivity contribution >= 4 is 31.6 Å². The van der Waals surface area contributed by atoms with Gasteiger partial charge in [0.15, 0.2) is 0 Å². The summed E-state index contributed by atoms with van der Waals surface area (Å²) < 4.78 is 39.2. The van der Waals surface area contributed by atoms with Gasteiger partial charge in [0.25, 0.3) is 10.0 Å². The second-order valence-electron chi connectivity index (χ2n) is 5.99. The van der Waals surface area contributed by atoms with E-state index in [1.165, 1.54) is 13.2 Å². The van der Waals surface area contributed by atoms with E-state index in [9.17, 15) is 8.42 Å². The lowest BCUT2D eigenvalue weighted by Crippen LogP contribution is -2.35. The van der Waals surface area contributed by atoms with Crippen LogP contribution in [-0.4, -0.2) is 46.7 Å². The molecule has 0 aliphatic carbocycles. The van der Waals surface area contributed by atoms with E-state index in [0.717, 1.165) is 38.4 Å². The number of benzene rings is 2. The second kappa shape index (κ2) is 8.39.